The summed E-state index contributed by atoms with van der Waals surface area (Å²) < 4.78 is 5.64. The van der Waals surface area contributed by atoms with Crippen LogP contribution in [0.25, 0.3) is 0 Å². The number of ether oxygens (including phenoxy) is 1. The Balaban J connectivity index is 1.55. The third-order valence-corrected chi connectivity index (χ3v) is 9.80. The molecule has 176 valence electrons. The molecule has 0 saturated heterocycles. The van der Waals surface area contributed by atoms with Gasteiger partial charge in [-0.15, -0.1) is 0 Å². The van der Waals surface area contributed by atoms with E-state index in [0.29, 0.717) is 30.2 Å². The molecular weight excluding hydrogens is 418 g/mol. The van der Waals surface area contributed by atoms with E-state index in [1.807, 2.05) is 13.8 Å². The summed E-state index contributed by atoms with van der Waals surface area (Å²) in [6.45, 7) is 6.46. The number of carbonyl (C=O) groups is 3. The van der Waals surface area contributed by atoms with Crippen LogP contribution in [0.1, 0.15) is 63.2 Å². The smallest absolute Gasteiger partial charge is 0.339 e. The molecule has 33 heavy (non-hydrogen) atoms. The molecule has 4 bridgehead atoms. The molecule has 0 spiro atoms. The zero-order valence-electron chi connectivity index (χ0n) is 19.6. The van der Waals surface area contributed by atoms with E-state index < -0.39 is 28.2 Å². The first-order valence-corrected chi connectivity index (χ1v) is 12.2. The van der Waals surface area contributed by atoms with E-state index in [-0.39, 0.29) is 24.4 Å². The monoisotopic (exact) mass is 451 g/mol. The molecule has 7 atom stereocenters. The summed E-state index contributed by atoms with van der Waals surface area (Å²) in [7, 11) is 0. The van der Waals surface area contributed by atoms with Gasteiger partial charge in [0.2, 0.25) is 0 Å². The fraction of sp³-hybridized carbons (Fsp3) is 0.630. The molecule has 0 radical (unpaired) electrons. The van der Waals surface area contributed by atoms with Gasteiger partial charge in [0.15, 0.2) is 0 Å². The summed E-state index contributed by atoms with van der Waals surface area (Å²) in [4.78, 5) is 42.9. The van der Waals surface area contributed by atoms with Gasteiger partial charge in [0.25, 0.3) is 0 Å². The first-order valence-electron chi connectivity index (χ1n) is 12.2. The number of aliphatic carboxylic acids is 1. The van der Waals surface area contributed by atoms with E-state index in [4.69, 9.17) is 4.74 Å². The van der Waals surface area contributed by atoms with Crippen molar-refractivity contribution in [1.29, 1.82) is 0 Å². The molecule has 1 aromatic heterocycles. The van der Waals surface area contributed by atoms with Gasteiger partial charge in [-0.1, -0.05) is 38.8 Å². The maximum absolute atomic E-state index is 13.4. The van der Waals surface area contributed by atoms with Crippen LogP contribution in [0.4, 0.5) is 0 Å². The first kappa shape index (κ1) is 22.3. The zero-order valence-corrected chi connectivity index (χ0v) is 19.6. The molecule has 3 saturated carbocycles. The third-order valence-electron chi connectivity index (χ3n) is 9.80. The normalized spacial score (nSPS) is 40.4. The minimum Gasteiger partial charge on any atom is -0.481 e. The van der Waals surface area contributed by atoms with Crippen molar-refractivity contribution >= 4 is 18.2 Å². The number of esters is 1. The number of allylic oxidation sites excluding steroid dienone is 1. The van der Waals surface area contributed by atoms with Crippen LogP contribution in [-0.4, -0.2) is 34.9 Å². The lowest BCUT2D eigenvalue weighted by atomic mass is 9.42. The Bertz CT molecular complexity index is 1020. The predicted octanol–water partition coefficient (Wildman–Crippen LogP) is 4.55. The number of carboxylic acid groups (broad SMARTS) is 1. The van der Waals surface area contributed by atoms with Crippen LogP contribution >= 0.6 is 0 Å². The maximum atomic E-state index is 13.4. The molecular formula is C27H33NO5. The second-order valence-electron chi connectivity index (χ2n) is 11.1. The number of aromatic nitrogens is 1. The summed E-state index contributed by atoms with van der Waals surface area (Å²) in [5.41, 5.74) is -1.40. The molecule has 6 heteroatoms. The largest absolute Gasteiger partial charge is 0.481 e. The van der Waals surface area contributed by atoms with Gasteiger partial charge in [-0.3, -0.25) is 9.78 Å². The van der Waals surface area contributed by atoms with Gasteiger partial charge >= 0.3 is 11.9 Å². The number of carbonyl (C=O) groups excluding carboxylic acids is 2. The van der Waals surface area contributed by atoms with Crippen LogP contribution in [0.3, 0.4) is 0 Å². The number of pyridine rings is 1. The summed E-state index contributed by atoms with van der Waals surface area (Å²) in [5.74, 6) is -0.342. The molecule has 0 aromatic carbocycles. The number of hydrogen-bond acceptors (Lipinski definition) is 5. The van der Waals surface area contributed by atoms with Crippen LogP contribution in [0.2, 0.25) is 0 Å². The van der Waals surface area contributed by atoms with Crippen molar-refractivity contribution in [3.63, 3.8) is 0 Å². The van der Waals surface area contributed by atoms with Crippen molar-refractivity contribution in [2.45, 2.75) is 52.9 Å². The summed E-state index contributed by atoms with van der Waals surface area (Å²) >= 11 is 0. The lowest BCUT2D eigenvalue weighted by Gasteiger charge is -2.58. The van der Waals surface area contributed by atoms with Gasteiger partial charge in [-0.2, -0.15) is 0 Å². The topological polar surface area (TPSA) is 93.6 Å². The van der Waals surface area contributed by atoms with Gasteiger partial charge in [0, 0.05) is 17.8 Å². The van der Waals surface area contributed by atoms with Gasteiger partial charge in [0.05, 0.1) is 17.6 Å². The van der Waals surface area contributed by atoms with Crippen LogP contribution in [0.5, 0.6) is 0 Å². The predicted molar refractivity (Wildman–Crippen MR) is 121 cm³/mol. The highest BCUT2D eigenvalue weighted by Crippen LogP contribution is 2.83. The SMILES string of the molecule is CC(C)C1=CC2CC3(C=O)C4CC[C@@H](C)C4CC2(CCOC(=O)c2cccnc2)C13C(=O)O. The third kappa shape index (κ3) is 2.61. The fourth-order valence-corrected chi connectivity index (χ4v) is 8.73. The van der Waals surface area contributed by atoms with Crippen molar-refractivity contribution in [2.24, 2.45) is 45.8 Å². The van der Waals surface area contributed by atoms with Gasteiger partial charge in [-0.25, -0.2) is 4.79 Å². The first-order chi connectivity index (χ1) is 15.7. The number of aldehydes is 1. The Morgan fingerprint density at radius 3 is 2.73 bits per heavy atom. The number of fused-ring (bicyclic) bond motifs is 2. The van der Waals surface area contributed by atoms with Crippen molar-refractivity contribution in [3.05, 3.63) is 41.7 Å². The number of hydrogen-bond donors (Lipinski definition) is 1. The lowest BCUT2D eigenvalue weighted by molar-refractivity contribution is -0.181. The minimum absolute atomic E-state index is 0.0195. The van der Waals surface area contributed by atoms with Crippen LogP contribution < -0.4 is 0 Å². The molecule has 6 unspecified atom stereocenters. The fourth-order valence-electron chi connectivity index (χ4n) is 8.73. The second-order valence-corrected chi connectivity index (χ2v) is 11.1. The molecule has 1 heterocycles. The Morgan fingerprint density at radius 2 is 2.09 bits per heavy atom. The van der Waals surface area contributed by atoms with E-state index in [9.17, 15) is 19.5 Å². The van der Waals surface area contributed by atoms with Gasteiger partial charge < -0.3 is 14.6 Å². The molecule has 5 rings (SSSR count). The minimum atomic E-state index is -1.22. The Morgan fingerprint density at radius 1 is 1.30 bits per heavy atom. The van der Waals surface area contributed by atoms with Gasteiger partial charge in [-0.05, 0) is 67.4 Å². The zero-order chi connectivity index (χ0) is 23.6. The number of nitrogens with zero attached hydrogens (tertiary/aromatic N) is 1. The summed E-state index contributed by atoms with van der Waals surface area (Å²) in [5, 5.41) is 10.9. The van der Waals surface area contributed by atoms with E-state index in [2.05, 4.69) is 18.0 Å². The summed E-state index contributed by atoms with van der Waals surface area (Å²) in [6.07, 6.45) is 10.1. The van der Waals surface area contributed by atoms with E-state index in [1.165, 1.54) is 6.20 Å². The molecule has 1 aromatic rings. The quantitative estimate of drug-likeness (QED) is 0.371. The molecule has 4 aliphatic carbocycles. The molecule has 1 N–H and O–H groups in total. The maximum Gasteiger partial charge on any atom is 0.339 e. The molecule has 0 aliphatic heterocycles. The van der Waals surface area contributed by atoms with Crippen molar-refractivity contribution in [2.75, 3.05) is 6.61 Å². The highest BCUT2D eigenvalue weighted by Gasteiger charge is 2.83. The summed E-state index contributed by atoms with van der Waals surface area (Å²) in [6, 6.07) is 3.35. The Kier molecular flexibility index (Phi) is 5.07. The highest BCUT2D eigenvalue weighted by molar-refractivity contribution is 5.91. The van der Waals surface area contributed by atoms with Crippen LogP contribution in [0, 0.1) is 45.8 Å². The number of rotatable bonds is 7. The Hall–Kier alpha value is -2.50. The van der Waals surface area contributed by atoms with Crippen molar-refractivity contribution in [3.8, 4) is 0 Å². The molecule has 6 nitrogen and oxygen atoms in total. The van der Waals surface area contributed by atoms with Gasteiger partial charge in [0.1, 0.15) is 11.7 Å². The van der Waals surface area contributed by atoms with E-state index in [1.54, 1.807) is 18.3 Å². The molecule has 0 amide bonds. The van der Waals surface area contributed by atoms with E-state index in [0.717, 1.165) is 31.1 Å². The molecule has 4 aliphatic rings. The van der Waals surface area contributed by atoms with Crippen LogP contribution in [-0.2, 0) is 14.3 Å². The van der Waals surface area contributed by atoms with E-state index >= 15 is 0 Å². The average Bonchev–Trinajstić information content (AvgIpc) is 3.37. The van der Waals surface area contributed by atoms with Crippen molar-refractivity contribution < 1.29 is 24.2 Å². The molecule has 3 fully saturated rings. The second kappa shape index (κ2) is 7.51. The average molecular weight is 452 g/mol. The van der Waals surface area contributed by atoms with Crippen LogP contribution in [0.15, 0.2) is 36.2 Å². The van der Waals surface area contributed by atoms with Crippen molar-refractivity contribution in [1.82, 2.24) is 4.98 Å². The number of carboxylic acids is 1. The standard InChI is InChI=1S/C27H33NO5/c1-16(2)22-11-19-12-26(15-29)21-7-6-17(3)20(21)13-25(19,27(22,26)24(31)32)8-10-33-23(30)18-5-4-9-28-14-18/h4-5,9,11,14-17,19-21H,6-8,10,12-13H2,1-3H3,(H,31,32)/t17-,19?,20?,21?,25?,26?,27?/m1/s1. The highest BCUT2D eigenvalue weighted by atomic mass is 16.5. The Labute approximate surface area is 194 Å². The lowest BCUT2D eigenvalue weighted by Crippen LogP contribution is -2.62.